The second-order valence-corrected chi connectivity index (χ2v) is 8.52. The van der Waals surface area contributed by atoms with Crippen LogP contribution < -0.4 is 14.8 Å². The number of nitrogens with one attached hydrogen (secondary N) is 1. The van der Waals surface area contributed by atoms with Gasteiger partial charge >= 0.3 is 0 Å². The van der Waals surface area contributed by atoms with Crippen molar-refractivity contribution in [2.75, 3.05) is 53.5 Å². The summed E-state index contributed by atoms with van der Waals surface area (Å²) < 4.78 is 16.7. The molecule has 0 spiro atoms. The molecule has 1 fully saturated rings. The second-order valence-electron chi connectivity index (χ2n) is 8.52. The van der Waals surface area contributed by atoms with E-state index in [1.165, 1.54) is 0 Å². The van der Waals surface area contributed by atoms with E-state index >= 15 is 0 Å². The van der Waals surface area contributed by atoms with Crippen LogP contribution in [0.3, 0.4) is 0 Å². The summed E-state index contributed by atoms with van der Waals surface area (Å²) in [5.74, 6) is 2.59. The summed E-state index contributed by atoms with van der Waals surface area (Å²) in [6.07, 6.45) is -0.543. The molecule has 1 saturated heterocycles. The maximum atomic E-state index is 10.5. The Hall–Kier alpha value is -2.13. The number of hydrogen-bond acceptors (Lipinski definition) is 8. The van der Waals surface area contributed by atoms with Gasteiger partial charge in [-0.25, -0.2) is 0 Å². The average molecular weight is 433 g/mol. The summed E-state index contributed by atoms with van der Waals surface area (Å²) in [5, 5.41) is 17.9. The molecule has 1 unspecified atom stereocenters. The Bertz CT molecular complexity index is 803. The first-order valence-electron chi connectivity index (χ1n) is 11.0. The van der Waals surface area contributed by atoms with Gasteiger partial charge in [-0.15, -0.1) is 0 Å². The number of rotatable bonds is 11. The molecule has 1 aromatic heterocycles. The third-order valence-corrected chi connectivity index (χ3v) is 5.55. The predicted octanol–water partition coefficient (Wildman–Crippen LogP) is 2.08. The van der Waals surface area contributed by atoms with Crippen LogP contribution in [-0.4, -0.2) is 79.7 Å². The van der Waals surface area contributed by atoms with E-state index < -0.39 is 6.10 Å². The van der Waals surface area contributed by atoms with Gasteiger partial charge in [-0.2, -0.15) is 0 Å². The number of β-amino-alcohol motifs (C(OH)–C–C–N with tert-alkyl or cyclic N) is 1. The lowest BCUT2D eigenvalue weighted by Crippen LogP contribution is -2.47. The Morgan fingerprint density at radius 1 is 1.16 bits per heavy atom. The number of methoxy groups -OCH3 is 1. The van der Waals surface area contributed by atoms with Gasteiger partial charge in [-0.05, 0) is 19.0 Å². The van der Waals surface area contributed by atoms with Crippen LogP contribution in [0.5, 0.6) is 11.5 Å². The molecular formula is C23H36N4O4. The average Bonchev–Trinajstić information content (AvgIpc) is 3.24. The maximum Gasteiger partial charge on any atom is 0.150 e. The Labute approximate surface area is 185 Å². The van der Waals surface area contributed by atoms with Crippen molar-refractivity contribution in [1.82, 2.24) is 20.3 Å². The smallest absolute Gasteiger partial charge is 0.150 e. The van der Waals surface area contributed by atoms with E-state index in [1.54, 1.807) is 7.11 Å². The highest BCUT2D eigenvalue weighted by atomic mass is 16.5. The van der Waals surface area contributed by atoms with Gasteiger partial charge in [-0.1, -0.05) is 25.1 Å². The summed E-state index contributed by atoms with van der Waals surface area (Å²) in [7, 11) is 3.76. The zero-order valence-corrected chi connectivity index (χ0v) is 19.1. The van der Waals surface area contributed by atoms with Crippen LogP contribution in [-0.2, 0) is 13.1 Å². The minimum absolute atomic E-state index is 0.242. The Balaban J connectivity index is 1.52. The van der Waals surface area contributed by atoms with Crippen molar-refractivity contribution in [3.05, 3.63) is 41.3 Å². The number of benzene rings is 1. The summed E-state index contributed by atoms with van der Waals surface area (Å²) in [6.45, 7) is 10.2. The lowest BCUT2D eigenvalue weighted by molar-refractivity contribution is 0.0501. The monoisotopic (exact) mass is 432 g/mol. The van der Waals surface area contributed by atoms with Gasteiger partial charge in [0.15, 0.2) is 5.76 Å². The summed E-state index contributed by atoms with van der Waals surface area (Å²) in [5.41, 5.74) is 1.95. The fourth-order valence-corrected chi connectivity index (χ4v) is 3.51. The first-order chi connectivity index (χ1) is 14.9. The number of likely N-dealkylation sites (N-methyl/N-ethyl adjacent to an activating group) is 1. The summed E-state index contributed by atoms with van der Waals surface area (Å²) in [4.78, 5) is 4.59. The molecule has 3 rings (SSSR count). The van der Waals surface area contributed by atoms with Crippen LogP contribution in [0.4, 0.5) is 0 Å². The van der Waals surface area contributed by atoms with E-state index in [0.717, 1.165) is 48.9 Å². The van der Waals surface area contributed by atoms with E-state index in [2.05, 4.69) is 41.2 Å². The van der Waals surface area contributed by atoms with Crippen molar-refractivity contribution in [2.45, 2.75) is 39.0 Å². The molecule has 2 heterocycles. The van der Waals surface area contributed by atoms with Crippen LogP contribution in [0, 0.1) is 0 Å². The van der Waals surface area contributed by atoms with E-state index in [0.29, 0.717) is 31.3 Å². The molecule has 0 saturated carbocycles. The van der Waals surface area contributed by atoms with Gasteiger partial charge in [0.05, 0.1) is 19.3 Å². The molecule has 0 radical (unpaired) electrons. The minimum atomic E-state index is -0.543. The minimum Gasteiger partial charge on any atom is -0.497 e. The fourth-order valence-electron chi connectivity index (χ4n) is 3.51. The van der Waals surface area contributed by atoms with Crippen LogP contribution >= 0.6 is 0 Å². The van der Waals surface area contributed by atoms with E-state index in [4.69, 9.17) is 14.0 Å². The zero-order valence-electron chi connectivity index (χ0n) is 19.1. The topological polar surface area (TPSA) is 83.2 Å². The van der Waals surface area contributed by atoms with Crippen molar-refractivity contribution in [3.8, 4) is 11.5 Å². The molecule has 2 aromatic rings. The Morgan fingerprint density at radius 3 is 2.61 bits per heavy atom. The van der Waals surface area contributed by atoms with Gasteiger partial charge in [0.25, 0.3) is 0 Å². The molecule has 31 heavy (non-hydrogen) atoms. The number of ether oxygens (including phenoxy) is 2. The first kappa shape index (κ1) is 23.5. The molecule has 1 aromatic carbocycles. The Kier molecular flexibility index (Phi) is 8.71. The van der Waals surface area contributed by atoms with Crippen molar-refractivity contribution in [2.24, 2.45) is 0 Å². The second kappa shape index (κ2) is 11.5. The van der Waals surface area contributed by atoms with Crippen molar-refractivity contribution < 1.29 is 19.1 Å². The number of piperazine rings is 1. The number of aliphatic hydroxyl groups is 1. The van der Waals surface area contributed by atoms with Crippen molar-refractivity contribution in [1.29, 1.82) is 0 Å². The molecule has 1 aliphatic rings. The van der Waals surface area contributed by atoms with Crippen LogP contribution in [0.15, 0.2) is 28.8 Å². The van der Waals surface area contributed by atoms with Gasteiger partial charge in [0.2, 0.25) is 0 Å². The lowest BCUT2D eigenvalue weighted by Gasteiger charge is -2.33. The fraction of sp³-hybridized carbons (Fsp3) is 0.609. The number of aliphatic hydroxyl groups excluding tert-OH is 1. The predicted molar refractivity (Wildman–Crippen MR) is 120 cm³/mol. The van der Waals surface area contributed by atoms with E-state index in [-0.39, 0.29) is 6.61 Å². The molecule has 8 nitrogen and oxygen atoms in total. The summed E-state index contributed by atoms with van der Waals surface area (Å²) in [6, 6.07) is 7.74. The highest BCUT2D eigenvalue weighted by Gasteiger charge is 2.18. The maximum absolute atomic E-state index is 10.5. The molecule has 0 amide bonds. The van der Waals surface area contributed by atoms with Crippen molar-refractivity contribution >= 4 is 0 Å². The standard InChI is InChI=1S/C23H36N4O4/c1-17(2)22-11-21(31-25-22)14-24-13-18-5-6-20(29-4)12-23(18)30-16-19(28)15-27-9-7-26(3)8-10-27/h5-6,11-12,17,19,24,28H,7-10,13-16H2,1-4H3. The van der Waals surface area contributed by atoms with Crippen molar-refractivity contribution in [3.63, 3.8) is 0 Å². The molecule has 172 valence electrons. The van der Waals surface area contributed by atoms with Gasteiger partial charge in [0.1, 0.15) is 24.2 Å². The molecule has 0 aliphatic carbocycles. The molecule has 8 heteroatoms. The zero-order chi connectivity index (χ0) is 22.2. The normalized spacial score (nSPS) is 16.6. The third kappa shape index (κ3) is 7.21. The van der Waals surface area contributed by atoms with Crippen LogP contribution in [0.1, 0.15) is 36.8 Å². The molecule has 1 aliphatic heterocycles. The third-order valence-electron chi connectivity index (χ3n) is 5.55. The number of aromatic nitrogens is 1. The van der Waals surface area contributed by atoms with Gasteiger partial charge < -0.3 is 29.3 Å². The first-order valence-corrected chi connectivity index (χ1v) is 11.0. The van der Waals surface area contributed by atoms with Crippen LogP contribution in [0.2, 0.25) is 0 Å². The highest BCUT2D eigenvalue weighted by Crippen LogP contribution is 2.25. The quantitative estimate of drug-likeness (QED) is 0.559. The van der Waals surface area contributed by atoms with Gasteiger partial charge in [-0.3, -0.25) is 4.90 Å². The number of nitrogens with zero attached hydrogens (tertiary/aromatic N) is 3. The van der Waals surface area contributed by atoms with E-state index in [9.17, 15) is 5.11 Å². The molecule has 0 bridgehead atoms. The molecule has 2 N–H and O–H groups in total. The molecule has 1 atom stereocenters. The largest absolute Gasteiger partial charge is 0.497 e. The Morgan fingerprint density at radius 2 is 1.94 bits per heavy atom. The highest BCUT2D eigenvalue weighted by molar-refractivity contribution is 5.40. The van der Waals surface area contributed by atoms with Crippen LogP contribution in [0.25, 0.3) is 0 Å². The van der Waals surface area contributed by atoms with E-state index in [1.807, 2.05) is 24.3 Å². The summed E-state index contributed by atoms with van der Waals surface area (Å²) >= 11 is 0. The van der Waals surface area contributed by atoms with Gasteiger partial charge in [0, 0.05) is 57.0 Å². The number of hydrogen-bond donors (Lipinski definition) is 2. The SMILES string of the molecule is COc1ccc(CNCc2cc(C(C)C)no2)c(OCC(O)CN2CCN(C)CC2)c1. The lowest BCUT2D eigenvalue weighted by atomic mass is 10.1. The molecular weight excluding hydrogens is 396 g/mol.